The Labute approximate surface area is 118 Å². The number of benzene rings is 1. The lowest BCUT2D eigenvalue weighted by Crippen LogP contribution is -2.29. The summed E-state index contributed by atoms with van der Waals surface area (Å²) in [7, 11) is 0. The molecule has 0 bridgehead atoms. The number of halogens is 1. The molecule has 0 saturated carbocycles. The molecule has 5 heteroatoms. The summed E-state index contributed by atoms with van der Waals surface area (Å²) >= 11 is 5.94. The largest absolute Gasteiger partial charge is 0.483 e. The lowest BCUT2D eigenvalue weighted by molar-refractivity contribution is -0.122. The average Bonchev–Trinajstić information content (AvgIpc) is 2.41. The number of terminal acetylenes is 1. The molecular weight excluding hydrogens is 264 g/mol. The summed E-state index contributed by atoms with van der Waals surface area (Å²) in [5, 5.41) is 6.36. The minimum atomic E-state index is -0.248. The van der Waals surface area contributed by atoms with Gasteiger partial charge in [-0.15, -0.1) is 6.42 Å². The van der Waals surface area contributed by atoms with E-state index in [4.69, 9.17) is 22.8 Å². The van der Waals surface area contributed by atoms with Crippen molar-refractivity contribution in [2.45, 2.75) is 13.5 Å². The van der Waals surface area contributed by atoms with E-state index in [-0.39, 0.29) is 19.1 Å². The van der Waals surface area contributed by atoms with Crippen LogP contribution in [0.3, 0.4) is 0 Å². The molecule has 0 unspecified atom stereocenters. The van der Waals surface area contributed by atoms with Crippen molar-refractivity contribution in [1.29, 1.82) is 0 Å². The van der Waals surface area contributed by atoms with E-state index in [1.165, 1.54) is 0 Å². The van der Waals surface area contributed by atoms with Crippen LogP contribution >= 0.6 is 11.6 Å². The van der Waals surface area contributed by atoms with Crippen molar-refractivity contribution in [3.05, 3.63) is 28.8 Å². The number of carbonyl (C=O) groups is 1. The van der Waals surface area contributed by atoms with Gasteiger partial charge in [-0.1, -0.05) is 24.4 Å². The normalized spacial score (nSPS) is 9.74. The van der Waals surface area contributed by atoms with Gasteiger partial charge in [0.2, 0.25) is 0 Å². The summed E-state index contributed by atoms with van der Waals surface area (Å²) in [4.78, 5) is 11.4. The highest BCUT2D eigenvalue weighted by molar-refractivity contribution is 6.30. The zero-order valence-electron chi connectivity index (χ0n) is 10.8. The van der Waals surface area contributed by atoms with Crippen molar-refractivity contribution < 1.29 is 9.53 Å². The van der Waals surface area contributed by atoms with Gasteiger partial charge in [0.05, 0.1) is 6.54 Å². The summed E-state index contributed by atoms with van der Waals surface area (Å²) in [5.41, 5.74) is 0.916. The molecule has 0 spiro atoms. The zero-order chi connectivity index (χ0) is 14.1. The molecule has 0 aliphatic heterocycles. The van der Waals surface area contributed by atoms with Gasteiger partial charge >= 0.3 is 0 Å². The lowest BCUT2D eigenvalue weighted by atomic mass is 10.2. The van der Waals surface area contributed by atoms with Gasteiger partial charge in [-0.3, -0.25) is 4.79 Å². The third kappa shape index (κ3) is 5.64. The van der Waals surface area contributed by atoms with Crippen LogP contribution in [0, 0.1) is 12.3 Å². The molecule has 1 rings (SSSR count). The maximum absolute atomic E-state index is 11.4. The second kappa shape index (κ2) is 8.41. The van der Waals surface area contributed by atoms with Crippen LogP contribution in [0.1, 0.15) is 12.5 Å². The van der Waals surface area contributed by atoms with Gasteiger partial charge in [-0.05, 0) is 24.7 Å². The molecule has 0 aliphatic carbocycles. The molecule has 0 heterocycles. The minimum Gasteiger partial charge on any atom is -0.483 e. The first-order valence-corrected chi connectivity index (χ1v) is 6.37. The summed E-state index contributed by atoms with van der Waals surface area (Å²) in [6, 6.07) is 5.30. The second-order valence-electron chi connectivity index (χ2n) is 3.80. The van der Waals surface area contributed by atoms with Crippen molar-refractivity contribution in [2.24, 2.45) is 0 Å². The third-order valence-corrected chi connectivity index (χ3v) is 2.57. The van der Waals surface area contributed by atoms with Gasteiger partial charge in [-0.2, -0.15) is 0 Å². The molecule has 1 aromatic carbocycles. The number of amides is 1. The van der Waals surface area contributed by atoms with E-state index in [1.807, 2.05) is 13.0 Å². The molecular formula is C14H17ClN2O2. The number of carbonyl (C=O) groups excluding carboxylic acids is 1. The first-order valence-electron chi connectivity index (χ1n) is 5.99. The quantitative estimate of drug-likeness (QED) is 0.746. The van der Waals surface area contributed by atoms with Crippen molar-refractivity contribution in [2.75, 3.05) is 19.7 Å². The molecule has 0 atom stereocenters. The Balaban J connectivity index is 2.61. The van der Waals surface area contributed by atoms with E-state index < -0.39 is 0 Å². The summed E-state index contributed by atoms with van der Waals surface area (Å²) in [5.74, 6) is 2.72. The Morgan fingerprint density at radius 2 is 2.32 bits per heavy atom. The lowest BCUT2D eigenvalue weighted by Gasteiger charge is -2.12. The molecule has 1 aromatic rings. The SMILES string of the molecule is C#CCNC(=O)COc1ccc(Cl)cc1CNCC. The van der Waals surface area contributed by atoms with Crippen molar-refractivity contribution in [3.8, 4) is 18.1 Å². The number of hydrogen-bond donors (Lipinski definition) is 2. The van der Waals surface area contributed by atoms with Gasteiger partial charge in [0.25, 0.3) is 5.91 Å². The Kier molecular flexibility index (Phi) is 6.80. The fourth-order valence-electron chi connectivity index (χ4n) is 1.43. The maximum Gasteiger partial charge on any atom is 0.258 e. The Bertz CT molecular complexity index is 469. The van der Waals surface area contributed by atoms with Crippen LogP contribution in [-0.2, 0) is 11.3 Å². The van der Waals surface area contributed by atoms with E-state index >= 15 is 0 Å². The molecule has 0 aliphatic rings. The third-order valence-electron chi connectivity index (χ3n) is 2.33. The van der Waals surface area contributed by atoms with Crippen LogP contribution in [0.4, 0.5) is 0 Å². The molecule has 0 fully saturated rings. The summed E-state index contributed by atoms with van der Waals surface area (Å²) in [6.45, 7) is 3.63. The molecule has 1 amide bonds. The molecule has 2 N–H and O–H groups in total. The number of ether oxygens (including phenoxy) is 1. The van der Waals surface area contributed by atoms with E-state index in [1.54, 1.807) is 12.1 Å². The molecule has 0 aromatic heterocycles. The van der Waals surface area contributed by atoms with Crippen LogP contribution in [0.25, 0.3) is 0 Å². The highest BCUT2D eigenvalue weighted by Gasteiger charge is 2.07. The Hall–Kier alpha value is -1.70. The predicted octanol–water partition coefficient (Wildman–Crippen LogP) is 1.58. The van der Waals surface area contributed by atoms with Gasteiger partial charge in [0.15, 0.2) is 6.61 Å². The van der Waals surface area contributed by atoms with Crippen molar-refractivity contribution in [3.63, 3.8) is 0 Å². The first-order chi connectivity index (χ1) is 9.17. The monoisotopic (exact) mass is 280 g/mol. The van der Waals surface area contributed by atoms with Crippen LogP contribution in [0.5, 0.6) is 5.75 Å². The molecule has 19 heavy (non-hydrogen) atoms. The second-order valence-corrected chi connectivity index (χ2v) is 4.24. The van der Waals surface area contributed by atoms with E-state index in [0.717, 1.165) is 12.1 Å². The smallest absolute Gasteiger partial charge is 0.258 e. The number of hydrogen-bond acceptors (Lipinski definition) is 3. The summed E-state index contributed by atoms with van der Waals surface area (Å²) in [6.07, 6.45) is 5.05. The standard InChI is InChI=1S/C14H17ClN2O2/c1-3-7-17-14(18)10-19-13-6-5-12(15)8-11(13)9-16-4-2/h1,5-6,8,16H,4,7,9-10H2,2H3,(H,17,18). The van der Waals surface area contributed by atoms with Crippen LogP contribution < -0.4 is 15.4 Å². The average molecular weight is 281 g/mol. The van der Waals surface area contributed by atoms with Crippen LogP contribution in [-0.4, -0.2) is 25.6 Å². The Morgan fingerprint density at radius 3 is 3.00 bits per heavy atom. The van der Waals surface area contributed by atoms with Crippen LogP contribution in [0.15, 0.2) is 18.2 Å². The zero-order valence-corrected chi connectivity index (χ0v) is 11.6. The minimum absolute atomic E-state index is 0.0670. The maximum atomic E-state index is 11.4. The van der Waals surface area contributed by atoms with Gasteiger partial charge in [0.1, 0.15) is 5.75 Å². The fourth-order valence-corrected chi connectivity index (χ4v) is 1.63. The number of rotatable bonds is 7. The van der Waals surface area contributed by atoms with Gasteiger partial charge in [0, 0.05) is 17.1 Å². The molecule has 102 valence electrons. The highest BCUT2D eigenvalue weighted by atomic mass is 35.5. The van der Waals surface area contributed by atoms with E-state index in [0.29, 0.717) is 17.3 Å². The fraction of sp³-hybridized carbons (Fsp3) is 0.357. The Morgan fingerprint density at radius 1 is 1.53 bits per heavy atom. The summed E-state index contributed by atoms with van der Waals surface area (Å²) < 4.78 is 5.47. The van der Waals surface area contributed by atoms with Crippen LogP contribution in [0.2, 0.25) is 5.02 Å². The topological polar surface area (TPSA) is 50.4 Å². The predicted molar refractivity (Wildman–Crippen MR) is 76.2 cm³/mol. The highest BCUT2D eigenvalue weighted by Crippen LogP contribution is 2.22. The molecule has 4 nitrogen and oxygen atoms in total. The van der Waals surface area contributed by atoms with Gasteiger partial charge in [-0.25, -0.2) is 0 Å². The molecule has 0 radical (unpaired) electrons. The van der Waals surface area contributed by atoms with E-state index in [2.05, 4.69) is 16.6 Å². The first kappa shape index (κ1) is 15.4. The van der Waals surface area contributed by atoms with E-state index in [9.17, 15) is 4.79 Å². The molecule has 0 saturated heterocycles. The van der Waals surface area contributed by atoms with Gasteiger partial charge < -0.3 is 15.4 Å². The van der Waals surface area contributed by atoms with Crippen molar-refractivity contribution in [1.82, 2.24) is 10.6 Å². The van der Waals surface area contributed by atoms with Crippen molar-refractivity contribution >= 4 is 17.5 Å². The number of nitrogens with one attached hydrogen (secondary N) is 2.